The van der Waals surface area contributed by atoms with E-state index in [0.29, 0.717) is 10.6 Å². The third-order valence-corrected chi connectivity index (χ3v) is 6.83. The van der Waals surface area contributed by atoms with Gasteiger partial charge in [0.1, 0.15) is 10.8 Å². The summed E-state index contributed by atoms with van der Waals surface area (Å²) < 4.78 is 35.0. The predicted octanol–water partition coefficient (Wildman–Crippen LogP) is 4.33. The van der Waals surface area contributed by atoms with Crippen molar-refractivity contribution < 1.29 is 13.2 Å². The van der Waals surface area contributed by atoms with Crippen molar-refractivity contribution >= 4 is 22.4 Å². The van der Waals surface area contributed by atoms with Crippen molar-refractivity contribution in [3.63, 3.8) is 0 Å². The fourth-order valence-corrected chi connectivity index (χ4v) is 5.72. The van der Waals surface area contributed by atoms with Crippen molar-refractivity contribution in [1.29, 1.82) is 0 Å². The fourth-order valence-electron chi connectivity index (χ4n) is 3.47. The number of hydrogen-bond acceptors (Lipinski definition) is 3. The lowest BCUT2D eigenvalue weighted by Gasteiger charge is -2.38. The van der Waals surface area contributed by atoms with Crippen molar-refractivity contribution in [3.05, 3.63) is 52.2 Å². The zero-order chi connectivity index (χ0) is 15.6. The minimum Gasteiger partial charge on any atom is -0.305 e. The summed E-state index contributed by atoms with van der Waals surface area (Å²) in [5.74, 6) is -0.298. The van der Waals surface area contributed by atoms with Crippen LogP contribution in [0.4, 0.5) is 4.39 Å². The van der Waals surface area contributed by atoms with E-state index < -0.39 is 15.8 Å². The second-order valence-corrected chi connectivity index (χ2v) is 7.70. The molecule has 0 radical (unpaired) electrons. The number of hydrogen-bond donors (Lipinski definition) is 1. The van der Waals surface area contributed by atoms with Crippen molar-refractivity contribution in [2.45, 2.75) is 36.9 Å². The highest BCUT2D eigenvalue weighted by molar-refractivity contribution is 7.80. The highest BCUT2D eigenvalue weighted by Gasteiger charge is 2.49. The molecule has 2 atom stereocenters. The lowest BCUT2D eigenvalue weighted by Crippen LogP contribution is -2.41. The number of nitrogens with zero attached hydrogens (tertiary/aromatic N) is 1. The first kappa shape index (κ1) is 15.8. The number of rotatable bonds is 4. The van der Waals surface area contributed by atoms with Gasteiger partial charge in [-0.2, -0.15) is 0 Å². The van der Waals surface area contributed by atoms with E-state index in [0.717, 1.165) is 32.1 Å². The summed E-state index contributed by atoms with van der Waals surface area (Å²) in [5.41, 5.74) is 0.677. The summed E-state index contributed by atoms with van der Waals surface area (Å²) in [4.78, 5) is 4.36. The van der Waals surface area contributed by atoms with E-state index in [4.69, 9.17) is 0 Å². The summed E-state index contributed by atoms with van der Waals surface area (Å²) >= 11 is -0.728. The molecule has 0 saturated heterocycles. The first-order chi connectivity index (χ1) is 10.7. The summed E-state index contributed by atoms with van der Waals surface area (Å²) in [6, 6.07) is 5.96. The van der Waals surface area contributed by atoms with Gasteiger partial charge in [-0.1, -0.05) is 31.4 Å². The topological polar surface area (TPSA) is 50.2 Å². The van der Waals surface area contributed by atoms with Gasteiger partial charge in [0.05, 0.1) is 0 Å². The van der Waals surface area contributed by atoms with Crippen molar-refractivity contribution in [2.75, 3.05) is 0 Å². The van der Waals surface area contributed by atoms with E-state index in [-0.39, 0.29) is 11.7 Å². The Morgan fingerprint density at radius 3 is 2.45 bits per heavy atom. The third-order valence-electron chi connectivity index (χ3n) is 4.48. The molecule has 1 N–H and O–H groups in total. The van der Waals surface area contributed by atoms with Crippen LogP contribution in [0.2, 0.25) is 0 Å². The predicted molar refractivity (Wildman–Crippen MR) is 86.6 cm³/mol. The molecule has 1 saturated carbocycles. The number of benzene rings is 1. The minimum absolute atomic E-state index is 0.0451. The molecule has 2 aromatic rings. The van der Waals surface area contributed by atoms with Gasteiger partial charge in [-0.15, -0.1) is 11.3 Å². The smallest absolute Gasteiger partial charge is 0.171 e. The Hall–Kier alpha value is -1.11. The van der Waals surface area contributed by atoms with Gasteiger partial charge in [0.15, 0.2) is 15.8 Å². The standard InChI is InChI=1S/C16H18FNO2S2/c17-14-8-6-13(7-9-14)16(22(19)20,15-18-10-11-21-15)12-4-2-1-3-5-12/h6-12H,1-5H2,(H,19,20). The zero-order valence-electron chi connectivity index (χ0n) is 12.1. The molecule has 0 bridgehead atoms. The minimum atomic E-state index is -2.12. The Balaban J connectivity index is 2.18. The Morgan fingerprint density at radius 1 is 1.23 bits per heavy atom. The van der Waals surface area contributed by atoms with E-state index in [9.17, 15) is 13.2 Å². The lowest BCUT2D eigenvalue weighted by atomic mass is 9.76. The molecule has 1 aliphatic carbocycles. The third kappa shape index (κ3) is 2.64. The van der Waals surface area contributed by atoms with Crippen LogP contribution in [0.1, 0.15) is 42.7 Å². The number of halogens is 1. The summed E-state index contributed by atoms with van der Waals surface area (Å²) in [6.45, 7) is 0. The molecule has 3 nitrogen and oxygen atoms in total. The van der Waals surface area contributed by atoms with Crippen LogP contribution in [0.5, 0.6) is 0 Å². The van der Waals surface area contributed by atoms with E-state index in [1.165, 1.54) is 23.5 Å². The summed E-state index contributed by atoms with van der Waals surface area (Å²) in [7, 11) is 0. The highest BCUT2D eigenvalue weighted by Crippen LogP contribution is 2.48. The Labute approximate surface area is 135 Å². The fraction of sp³-hybridized carbons (Fsp3) is 0.438. The van der Waals surface area contributed by atoms with E-state index in [2.05, 4.69) is 4.98 Å². The van der Waals surface area contributed by atoms with Gasteiger partial charge in [-0.25, -0.2) is 13.6 Å². The quantitative estimate of drug-likeness (QED) is 0.844. The van der Waals surface area contributed by atoms with Gasteiger partial charge < -0.3 is 4.55 Å². The second kappa shape index (κ2) is 6.56. The average molecular weight is 339 g/mol. The van der Waals surface area contributed by atoms with Gasteiger partial charge in [0, 0.05) is 11.6 Å². The molecular formula is C16H18FNO2S2. The van der Waals surface area contributed by atoms with Gasteiger partial charge in [0.2, 0.25) is 0 Å². The molecule has 0 amide bonds. The van der Waals surface area contributed by atoms with Crippen LogP contribution in [0.25, 0.3) is 0 Å². The maximum absolute atomic E-state index is 13.3. The maximum Gasteiger partial charge on any atom is 0.171 e. The highest BCUT2D eigenvalue weighted by atomic mass is 32.2. The Kier molecular flexibility index (Phi) is 4.70. The molecule has 1 aromatic carbocycles. The van der Waals surface area contributed by atoms with Crippen molar-refractivity contribution in [1.82, 2.24) is 4.98 Å². The largest absolute Gasteiger partial charge is 0.305 e. The van der Waals surface area contributed by atoms with Gasteiger partial charge >= 0.3 is 0 Å². The van der Waals surface area contributed by atoms with Crippen LogP contribution in [-0.4, -0.2) is 13.7 Å². The molecule has 6 heteroatoms. The second-order valence-electron chi connectivity index (χ2n) is 5.66. The number of thiazole rings is 1. The van der Waals surface area contributed by atoms with Crippen molar-refractivity contribution in [2.24, 2.45) is 5.92 Å². The van der Waals surface area contributed by atoms with Crippen molar-refractivity contribution in [3.8, 4) is 0 Å². The molecule has 2 unspecified atom stereocenters. The monoisotopic (exact) mass is 339 g/mol. The molecule has 3 rings (SSSR count). The first-order valence-corrected chi connectivity index (χ1v) is 9.41. The summed E-state index contributed by atoms with van der Waals surface area (Å²) in [5, 5.41) is 2.47. The normalized spacial score (nSPS) is 20.5. The zero-order valence-corrected chi connectivity index (χ0v) is 13.7. The molecule has 1 fully saturated rings. The molecule has 0 aliphatic heterocycles. The SMILES string of the molecule is O=S(O)C(c1ccc(F)cc1)(c1nccs1)C1CCCCC1. The van der Waals surface area contributed by atoms with Crippen LogP contribution < -0.4 is 0 Å². The Bertz CT molecular complexity index is 639. The molecule has 118 valence electrons. The van der Waals surface area contributed by atoms with Crippen LogP contribution >= 0.6 is 11.3 Å². The maximum atomic E-state index is 13.3. The molecule has 1 heterocycles. The summed E-state index contributed by atoms with van der Waals surface area (Å²) in [6.07, 6.45) is 6.71. The van der Waals surface area contributed by atoms with E-state index in [1.54, 1.807) is 18.3 Å². The number of aromatic nitrogens is 1. The van der Waals surface area contributed by atoms with Crippen LogP contribution in [0.15, 0.2) is 35.8 Å². The first-order valence-electron chi connectivity index (χ1n) is 7.42. The van der Waals surface area contributed by atoms with Gasteiger partial charge in [-0.05, 0) is 36.5 Å². The van der Waals surface area contributed by atoms with Crippen LogP contribution in [0.3, 0.4) is 0 Å². The molecule has 22 heavy (non-hydrogen) atoms. The van der Waals surface area contributed by atoms with Crippen LogP contribution in [-0.2, 0) is 15.8 Å². The van der Waals surface area contributed by atoms with Gasteiger partial charge in [0.25, 0.3) is 0 Å². The molecule has 0 spiro atoms. The van der Waals surface area contributed by atoms with E-state index in [1.807, 2.05) is 5.38 Å². The molecule has 1 aliphatic rings. The molecule has 1 aromatic heterocycles. The Morgan fingerprint density at radius 2 is 1.91 bits per heavy atom. The van der Waals surface area contributed by atoms with Crippen LogP contribution in [0, 0.1) is 11.7 Å². The molecular weight excluding hydrogens is 321 g/mol. The average Bonchev–Trinajstić information content (AvgIpc) is 3.05. The van der Waals surface area contributed by atoms with E-state index >= 15 is 0 Å². The van der Waals surface area contributed by atoms with Gasteiger partial charge in [-0.3, -0.25) is 0 Å². The lowest BCUT2D eigenvalue weighted by molar-refractivity contribution is 0.292.